The van der Waals surface area contributed by atoms with Gasteiger partial charge in [-0.2, -0.15) is 0 Å². The van der Waals surface area contributed by atoms with Crippen LogP contribution in [0.4, 0.5) is 4.79 Å². The van der Waals surface area contributed by atoms with E-state index in [0.29, 0.717) is 19.0 Å². The number of nitrogens with two attached hydrogens (primary N) is 1. The lowest BCUT2D eigenvalue weighted by atomic mass is 9.85. The Labute approximate surface area is 97.9 Å². The lowest BCUT2D eigenvalue weighted by Crippen LogP contribution is -2.43. The Bertz CT molecular complexity index is 256. The summed E-state index contributed by atoms with van der Waals surface area (Å²) in [5, 5.41) is 2.81. The summed E-state index contributed by atoms with van der Waals surface area (Å²) >= 11 is 0. The largest absolute Gasteiger partial charge is 0.444 e. The van der Waals surface area contributed by atoms with E-state index in [2.05, 4.69) is 12.2 Å². The van der Waals surface area contributed by atoms with Crippen LogP contribution in [0.3, 0.4) is 0 Å². The lowest BCUT2D eigenvalue weighted by Gasteiger charge is -2.29. The number of rotatable bonds is 4. The van der Waals surface area contributed by atoms with Gasteiger partial charge in [-0.15, -0.1) is 0 Å². The Kier molecular flexibility index (Phi) is 3.84. The smallest absolute Gasteiger partial charge is 0.407 e. The third-order valence-electron chi connectivity index (χ3n) is 3.06. The van der Waals surface area contributed by atoms with E-state index in [1.807, 2.05) is 20.8 Å². The molecule has 3 N–H and O–H groups in total. The summed E-state index contributed by atoms with van der Waals surface area (Å²) in [6, 6.07) is 0. The van der Waals surface area contributed by atoms with Crippen molar-refractivity contribution in [2.45, 2.75) is 46.1 Å². The van der Waals surface area contributed by atoms with E-state index in [1.165, 1.54) is 12.8 Å². The number of nitrogens with one attached hydrogen (secondary N) is 1. The molecule has 0 spiro atoms. The molecule has 0 saturated heterocycles. The van der Waals surface area contributed by atoms with E-state index in [0.717, 1.165) is 0 Å². The maximum atomic E-state index is 11.5. The Morgan fingerprint density at radius 2 is 1.94 bits per heavy atom. The standard InChI is InChI=1S/C12H24N2O2/c1-11(2,3)16-10(15)14-8-12(4,7-13)9-5-6-9/h9H,5-8,13H2,1-4H3,(H,14,15). The van der Waals surface area contributed by atoms with Crippen LogP contribution in [-0.2, 0) is 4.74 Å². The molecule has 16 heavy (non-hydrogen) atoms. The minimum atomic E-state index is -0.442. The summed E-state index contributed by atoms with van der Waals surface area (Å²) in [5.41, 5.74) is 5.35. The van der Waals surface area contributed by atoms with Crippen LogP contribution >= 0.6 is 0 Å². The number of alkyl carbamates (subject to hydrolysis) is 1. The topological polar surface area (TPSA) is 64.3 Å². The van der Waals surface area contributed by atoms with Crippen LogP contribution in [0.1, 0.15) is 40.5 Å². The highest BCUT2D eigenvalue weighted by Gasteiger charge is 2.40. The molecule has 0 bridgehead atoms. The Hall–Kier alpha value is -0.770. The summed E-state index contributed by atoms with van der Waals surface area (Å²) in [4.78, 5) is 11.5. The van der Waals surface area contributed by atoms with Crippen LogP contribution in [0.15, 0.2) is 0 Å². The van der Waals surface area contributed by atoms with Gasteiger partial charge in [-0.1, -0.05) is 6.92 Å². The monoisotopic (exact) mass is 228 g/mol. The molecule has 1 saturated carbocycles. The Morgan fingerprint density at radius 1 is 1.38 bits per heavy atom. The van der Waals surface area contributed by atoms with E-state index in [1.54, 1.807) is 0 Å². The van der Waals surface area contributed by atoms with E-state index in [9.17, 15) is 4.79 Å². The molecule has 0 radical (unpaired) electrons. The predicted octanol–water partition coefficient (Wildman–Crippen LogP) is 1.89. The number of carbonyl (C=O) groups is 1. The molecule has 0 aliphatic heterocycles. The molecule has 4 nitrogen and oxygen atoms in total. The van der Waals surface area contributed by atoms with Gasteiger partial charge in [-0.05, 0) is 46.1 Å². The van der Waals surface area contributed by atoms with Gasteiger partial charge >= 0.3 is 6.09 Å². The van der Waals surface area contributed by atoms with Crippen LogP contribution in [-0.4, -0.2) is 24.8 Å². The van der Waals surface area contributed by atoms with Crippen molar-refractivity contribution in [3.8, 4) is 0 Å². The first-order valence-corrected chi connectivity index (χ1v) is 5.94. The van der Waals surface area contributed by atoms with Crippen molar-refractivity contribution in [1.82, 2.24) is 5.32 Å². The molecule has 1 unspecified atom stereocenters. The van der Waals surface area contributed by atoms with E-state index in [-0.39, 0.29) is 11.5 Å². The highest BCUT2D eigenvalue weighted by atomic mass is 16.6. The zero-order chi connectivity index (χ0) is 12.4. The summed E-state index contributed by atoms with van der Waals surface area (Å²) in [7, 11) is 0. The molecule has 1 rings (SSSR count). The van der Waals surface area contributed by atoms with Crippen molar-refractivity contribution < 1.29 is 9.53 Å². The number of carbonyl (C=O) groups excluding carboxylic acids is 1. The maximum absolute atomic E-state index is 11.5. The van der Waals surface area contributed by atoms with Crippen molar-refractivity contribution in [1.29, 1.82) is 0 Å². The van der Waals surface area contributed by atoms with Crippen molar-refractivity contribution in [2.75, 3.05) is 13.1 Å². The third-order valence-corrected chi connectivity index (χ3v) is 3.06. The van der Waals surface area contributed by atoms with Gasteiger partial charge in [0.25, 0.3) is 0 Å². The van der Waals surface area contributed by atoms with Crippen LogP contribution in [0.25, 0.3) is 0 Å². The highest BCUT2D eigenvalue weighted by Crippen LogP contribution is 2.44. The van der Waals surface area contributed by atoms with Crippen molar-refractivity contribution >= 4 is 6.09 Å². The summed E-state index contributed by atoms with van der Waals surface area (Å²) in [6.07, 6.45) is 2.10. The third kappa shape index (κ3) is 4.00. The quantitative estimate of drug-likeness (QED) is 0.772. The van der Waals surface area contributed by atoms with Crippen LogP contribution in [0.5, 0.6) is 0 Å². The van der Waals surface area contributed by atoms with Crippen molar-refractivity contribution in [2.24, 2.45) is 17.1 Å². The fourth-order valence-electron chi connectivity index (χ4n) is 1.75. The van der Waals surface area contributed by atoms with Crippen molar-refractivity contribution in [3.05, 3.63) is 0 Å². The van der Waals surface area contributed by atoms with Gasteiger partial charge < -0.3 is 15.8 Å². The molecule has 1 amide bonds. The van der Waals surface area contributed by atoms with Crippen LogP contribution in [0.2, 0.25) is 0 Å². The zero-order valence-corrected chi connectivity index (χ0v) is 10.8. The first-order chi connectivity index (χ1) is 7.27. The van der Waals surface area contributed by atoms with Gasteiger partial charge in [0.15, 0.2) is 0 Å². The number of amides is 1. The molecule has 4 heteroatoms. The summed E-state index contributed by atoms with van der Waals surface area (Å²) < 4.78 is 5.19. The molecule has 1 aliphatic rings. The van der Waals surface area contributed by atoms with Gasteiger partial charge in [0.05, 0.1) is 0 Å². The minimum absolute atomic E-state index is 0.0247. The molecule has 0 aromatic rings. The van der Waals surface area contributed by atoms with Crippen LogP contribution < -0.4 is 11.1 Å². The average Bonchev–Trinajstić information content (AvgIpc) is 2.94. The second-order valence-corrected chi connectivity index (χ2v) is 5.99. The zero-order valence-electron chi connectivity index (χ0n) is 10.8. The maximum Gasteiger partial charge on any atom is 0.407 e. The molecular weight excluding hydrogens is 204 g/mol. The minimum Gasteiger partial charge on any atom is -0.444 e. The summed E-state index contributed by atoms with van der Waals surface area (Å²) in [6.45, 7) is 8.90. The highest BCUT2D eigenvalue weighted by molar-refractivity contribution is 5.67. The Balaban J connectivity index is 2.35. The summed E-state index contributed by atoms with van der Waals surface area (Å²) in [5.74, 6) is 0.660. The number of hydrogen-bond acceptors (Lipinski definition) is 3. The molecule has 94 valence electrons. The molecular formula is C12H24N2O2. The fourth-order valence-corrected chi connectivity index (χ4v) is 1.75. The first kappa shape index (κ1) is 13.3. The van der Waals surface area contributed by atoms with Gasteiger partial charge in [0, 0.05) is 12.0 Å². The predicted molar refractivity (Wildman–Crippen MR) is 64.1 cm³/mol. The SMILES string of the molecule is CC(C)(C)OC(=O)NCC(C)(CN)C1CC1. The molecule has 0 heterocycles. The Morgan fingerprint density at radius 3 is 2.31 bits per heavy atom. The van der Waals surface area contributed by atoms with E-state index < -0.39 is 5.60 Å². The lowest BCUT2D eigenvalue weighted by molar-refractivity contribution is 0.0499. The molecule has 0 aromatic heterocycles. The molecule has 1 fully saturated rings. The second-order valence-electron chi connectivity index (χ2n) is 5.99. The van der Waals surface area contributed by atoms with Crippen molar-refractivity contribution in [3.63, 3.8) is 0 Å². The van der Waals surface area contributed by atoms with Gasteiger partial charge in [0.1, 0.15) is 5.60 Å². The molecule has 0 aromatic carbocycles. The fraction of sp³-hybridized carbons (Fsp3) is 0.917. The average molecular weight is 228 g/mol. The van der Waals surface area contributed by atoms with E-state index >= 15 is 0 Å². The second kappa shape index (κ2) is 4.62. The van der Waals surface area contributed by atoms with Gasteiger partial charge in [-0.3, -0.25) is 0 Å². The molecule has 1 aliphatic carbocycles. The number of ether oxygens (including phenoxy) is 1. The van der Waals surface area contributed by atoms with Crippen LogP contribution in [0, 0.1) is 11.3 Å². The van der Waals surface area contributed by atoms with Gasteiger partial charge in [0.2, 0.25) is 0 Å². The number of hydrogen-bond donors (Lipinski definition) is 2. The van der Waals surface area contributed by atoms with Gasteiger partial charge in [-0.25, -0.2) is 4.79 Å². The van der Waals surface area contributed by atoms with E-state index in [4.69, 9.17) is 10.5 Å². The first-order valence-electron chi connectivity index (χ1n) is 5.94. The normalized spacial score (nSPS) is 20.1. The molecule has 1 atom stereocenters.